The van der Waals surface area contributed by atoms with Crippen LogP contribution in [-0.2, 0) is 4.79 Å². The molecule has 2 atom stereocenters. The van der Waals surface area contributed by atoms with E-state index in [0.29, 0.717) is 10.8 Å². The Morgan fingerprint density at radius 2 is 1.70 bits per heavy atom. The smallest absolute Gasteiger partial charge is 0.281 e. The van der Waals surface area contributed by atoms with Crippen molar-refractivity contribution in [2.45, 2.75) is 25.3 Å². The van der Waals surface area contributed by atoms with Crippen molar-refractivity contribution >= 4 is 29.3 Å². The van der Waals surface area contributed by atoms with Crippen LogP contribution in [0.4, 0.5) is 0 Å². The number of hydrogen-bond donors (Lipinski definition) is 0. The first-order valence-electron chi connectivity index (χ1n) is 12.3. The number of hydrogen-bond acceptors (Lipinski definition) is 5. The Morgan fingerprint density at radius 1 is 1.00 bits per heavy atom. The Kier molecular flexibility index (Phi) is 7.47. The average molecular weight is 517 g/mol. The van der Waals surface area contributed by atoms with E-state index >= 15 is 0 Å². The van der Waals surface area contributed by atoms with Gasteiger partial charge in [0.2, 0.25) is 0 Å². The molecule has 7 heteroatoms. The van der Waals surface area contributed by atoms with Crippen molar-refractivity contribution in [2.24, 2.45) is 11.0 Å². The van der Waals surface area contributed by atoms with E-state index in [1.807, 2.05) is 48.5 Å². The summed E-state index contributed by atoms with van der Waals surface area (Å²) in [5.41, 5.74) is 4.23. The topological polar surface area (TPSA) is 60.4 Å². The van der Waals surface area contributed by atoms with Crippen LogP contribution >= 0.6 is 11.6 Å². The van der Waals surface area contributed by atoms with Gasteiger partial charge < -0.3 is 14.2 Å². The SMILES string of the molecule is COc1ccc(/C=C2/CCC[C@@H]3C2=NN(C(=O)COc2cccc(Cl)c2)[C@@H]3c2ccc(OC)cc2)cc1. The number of carbonyl (C=O) groups is 1. The maximum atomic E-state index is 13.5. The molecule has 1 heterocycles. The van der Waals surface area contributed by atoms with Crippen molar-refractivity contribution in [2.75, 3.05) is 20.8 Å². The van der Waals surface area contributed by atoms with Crippen molar-refractivity contribution < 1.29 is 19.0 Å². The van der Waals surface area contributed by atoms with E-state index in [1.54, 1.807) is 43.5 Å². The molecule has 0 N–H and O–H groups in total. The van der Waals surface area contributed by atoms with Gasteiger partial charge in [0.25, 0.3) is 5.91 Å². The molecule has 0 unspecified atom stereocenters. The summed E-state index contributed by atoms with van der Waals surface area (Å²) in [6, 6.07) is 22.7. The third kappa shape index (κ3) is 5.49. The molecular formula is C30H29ClN2O4. The average Bonchev–Trinajstić information content (AvgIpc) is 3.33. The number of fused-ring (bicyclic) bond motifs is 1. The number of ether oxygens (including phenoxy) is 3. The molecule has 1 saturated carbocycles. The highest BCUT2D eigenvalue weighted by atomic mass is 35.5. The third-order valence-corrected chi connectivity index (χ3v) is 7.06. The molecule has 1 fully saturated rings. The van der Waals surface area contributed by atoms with Crippen LogP contribution in [0, 0.1) is 5.92 Å². The maximum absolute atomic E-state index is 13.5. The summed E-state index contributed by atoms with van der Waals surface area (Å²) in [5.74, 6) is 2.03. The van der Waals surface area contributed by atoms with Gasteiger partial charge in [0.05, 0.1) is 26.0 Å². The Labute approximate surface area is 222 Å². The lowest BCUT2D eigenvalue weighted by Gasteiger charge is -2.29. The Hall–Kier alpha value is -3.77. The first-order valence-corrected chi connectivity index (χ1v) is 12.7. The number of methoxy groups -OCH3 is 2. The standard InChI is InChI=1S/C30H29ClN2O4/c1-35-24-13-9-20(10-14-24)17-22-5-3-8-27-29(22)32-33(30(27)21-11-15-25(36-2)16-12-21)28(34)19-37-26-7-4-6-23(31)18-26/h4,6-7,9-18,27,30H,3,5,8,19H2,1-2H3/b22-17-/t27-,30-/m1/s1. The zero-order chi connectivity index (χ0) is 25.8. The second-order valence-corrected chi connectivity index (χ2v) is 9.57. The van der Waals surface area contributed by atoms with Gasteiger partial charge in [-0.05, 0) is 84.5 Å². The molecule has 0 saturated heterocycles. The van der Waals surface area contributed by atoms with Gasteiger partial charge in [0.15, 0.2) is 6.61 Å². The van der Waals surface area contributed by atoms with Crippen LogP contribution in [0.2, 0.25) is 5.02 Å². The van der Waals surface area contributed by atoms with Crippen molar-refractivity contribution in [3.63, 3.8) is 0 Å². The quantitative estimate of drug-likeness (QED) is 0.357. The molecule has 3 aromatic rings. The molecule has 2 aliphatic rings. The molecule has 190 valence electrons. The fraction of sp³-hybridized carbons (Fsp3) is 0.267. The summed E-state index contributed by atoms with van der Waals surface area (Å²) in [7, 11) is 3.31. The predicted molar refractivity (Wildman–Crippen MR) is 145 cm³/mol. The fourth-order valence-electron chi connectivity index (χ4n) is 5.01. The minimum absolute atomic E-state index is 0.0989. The number of nitrogens with zero attached hydrogens (tertiary/aromatic N) is 2. The Balaban J connectivity index is 1.46. The lowest BCUT2D eigenvalue weighted by molar-refractivity contribution is -0.135. The van der Waals surface area contributed by atoms with Crippen LogP contribution in [0.5, 0.6) is 17.2 Å². The van der Waals surface area contributed by atoms with Gasteiger partial charge in [-0.25, -0.2) is 5.01 Å². The highest BCUT2D eigenvalue weighted by Gasteiger charge is 2.43. The van der Waals surface area contributed by atoms with E-state index in [4.69, 9.17) is 30.9 Å². The summed E-state index contributed by atoms with van der Waals surface area (Å²) in [6.07, 6.45) is 5.07. The second kappa shape index (κ2) is 11.1. The van der Waals surface area contributed by atoms with E-state index in [2.05, 4.69) is 6.08 Å². The highest BCUT2D eigenvalue weighted by molar-refractivity contribution is 6.30. The lowest BCUT2D eigenvalue weighted by Crippen LogP contribution is -2.34. The summed E-state index contributed by atoms with van der Waals surface area (Å²) < 4.78 is 16.4. The van der Waals surface area contributed by atoms with Crippen molar-refractivity contribution in [1.82, 2.24) is 5.01 Å². The molecule has 1 amide bonds. The largest absolute Gasteiger partial charge is 0.497 e. The molecule has 6 nitrogen and oxygen atoms in total. The predicted octanol–water partition coefficient (Wildman–Crippen LogP) is 6.56. The van der Waals surface area contributed by atoms with Gasteiger partial charge in [-0.2, -0.15) is 5.10 Å². The Morgan fingerprint density at radius 3 is 2.38 bits per heavy atom. The minimum atomic E-state index is -0.212. The van der Waals surface area contributed by atoms with Crippen LogP contribution in [0.1, 0.15) is 36.4 Å². The first kappa shape index (κ1) is 24.9. The molecule has 0 radical (unpaired) electrons. The molecule has 5 rings (SSSR count). The van der Waals surface area contributed by atoms with E-state index in [1.165, 1.54) is 0 Å². The van der Waals surface area contributed by atoms with Gasteiger partial charge in [-0.15, -0.1) is 0 Å². The highest BCUT2D eigenvalue weighted by Crippen LogP contribution is 2.44. The number of amides is 1. The first-order chi connectivity index (χ1) is 18.1. The lowest BCUT2D eigenvalue weighted by atomic mass is 9.77. The van der Waals surface area contributed by atoms with Crippen LogP contribution in [0.3, 0.4) is 0 Å². The molecule has 0 aromatic heterocycles. The third-order valence-electron chi connectivity index (χ3n) is 6.83. The number of benzene rings is 3. The number of rotatable bonds is 7. The van der Waals surface area contributed by atoms with E-state index in [9.17, 15) is 4.79 Å². The minimum Gasteiger partial charge on any atom is -0.497 e. The number of hydrazone groups is 1. The fourth-order valence-corrected chi connectivity index (χ4v) is 5.19. The van der Waals surface area contributed by atoms with Crippen LogP contribution in [0.15, 0.2) is 83.5 Å². The summed E-state index contributed by atoms with van der Waals surface area (Å²) in [5, 5.41) is 7.09. The zero-order valence-electron chi connectivity index (χ0n) is 20.9. The number of allylic oxidation sites excluding steroid dienone is 1. The van der Waals surface area contributed by atoms with Gasteiger partial charge in [0.1, 0.15) is 17.2 Å². The van der Waals surface area contributed by atoms with E-state index in [-0.39, 0.29) is 24.5 Å². The second-order valence-electron chi connectivity index (χ2n) is 9.13. The Bertz CT molecular complexity index is 1320. The normalized spacial score (nSPS) is 19.8. The van der Waals surface area contributed by atoms with Crippen LogP contribution < -0.4 is 14.2 Å². The molecule has 1 aliphatic heterocycles. The molecule has 0 spiro atoms. The van der Waals surface area contributed by atoms with Gasteiger partial charge in [-0.3, -0.25) is 4.79 Å². The maximum Gasteiger partial charge on any atom is 0.281 e. The van der Waals surface area contributed by atoms with Crippen molar-refractivity contribution in [1.29, 1.82) is 0 Å². The molecule has 3 aromatic carbocycles. The molecule has 37 heavy (non-hydrogen) atoms. The monoisotopic (exact) mass is 516 g/mol. The molecular weight excluding hydrogens is 488 g/mol. The summed E-state index contributed by atoms with van der Waals surface area (Å²) in [4.78, 5) is 13.5. The van der Waals surface area contributed by atoms with Crippen LogP contribution in [0.25, 0.3) is 6.08 Å². The van der Waals surface area contributed by atoms with Gasteiger partial charge in [-0.1, -0.05) is 41.9 Å². The van der Waals surface area contributed by atoms with Crippen molar-refractivity contribution in [3.05, 3.63) is 94.5 Å². The van der Waals surface area contributed by atoms with E-state index in [0.717, 1.165) is 53.2 Å². The number of halogens is 1. The van der Waals surface area contributed by atoms with E-state index < -0.39 is 0 Å². The van der Waals surface area contributed by atoms with Gasteiger partial charge in [0, 0.05) is 10.9 Å². The van der Waals surface area contributed by atoms with Crippen LogP contribution in [-0.4, -0.2) is 37.5 Å². The van der Waals surface area contributed by atoms with Gasteiger partial charge >= 0.3 is 0 Å². The van der Waals surface area contributed by atoms with Crippen molar-refractivity contribution in [3.8, 4) is 17.2 Å². The number of carbonyl (C=O) groups excluding carboxylic acids is 1. The summed E-state index contributed by atoms with van der Waals surface area (Å²) >= 11 is 6.08. The zero-order valence-corrected chi connectivity index (χ0v) is 21.6. The molecule has 1 aliphatic carbocycles. The summed E-state index contributed by atoms with van der Waals surface area (Å²) in [6.45, 7) is -0.131. The molecule has 0 bridgehead atoms.